The Labute approximate surface area is 126 Å². The van der Waals surface area contributed by atoms with Gasteiger partial charge in [-0.25, -0.2) is 8.42 Å². The van der Waals surface area contributed by atoms with E-state index in [1.807, 2.05) is 4.90 Å². The van der Waals surface area contributed by atoms with E-state index < -0.39 is 9.84 Å². The van der Waals surface area contributed by atoms with E-state index in [0.717, 1.165) is 45.1 Å². The number of sulfone groups is 1. The summed E-state index contributed by atoms with van der Waals surface area (Å²) in [5.74, 6) is 0.274. The smallest absolute Gasteiger partial charge is 0.240 e. The van der Waals surface area contributed by atoms with Gasteiger partial charge in [0.15, 0.2) is 9.84 Å². The fourth-order valence-corrected chi connectivity index (χ4v) is 5.81. The van der Waals surface area contributed by atoms with Crippen molar-refractivity contribution in [3.63, 3.8) is 0 Å². The lowest BCUT2D eigenvalue weighted by Gasteiger charge is -2.44. The molecular weight excluding hydrogens is 300 g/mol. The van der Waals surface area contributed by atoms with Gasteiger partial charge < -0.3 is 10.2 Å². The highest BCUT2D eigenvalue weighted by Gasteiger charge is 2.45. The van der Waals surface area contributed by atoms with Crippen molar-refractivity contribution >= 4 is 28.2 Å². The van der Waals surface area contributed by atoms with Crippen molar-refractivity contribution in [3.05, 3.63) is 0 Å². The minimum Gasteiger partial charge on any atom is -0.336 e. The molecule has 3 fully saturated rings. The van der Waals surface area contributed by atoms with Crippen LogP contribution >= 0.6 is 12.4 Å². The molecule has 0 radical (unpaired) electrons. The first kappa shape index (κ1) is 16.0. The molecule has 0 aromatic heterocycles. The van der Waals surface area contributed by atoms with Crippen LogP contribution in [0.1, 0.15) is 38.5 Å². The summed E-state index contributed by atoms with van der Waals surface area (Å²) in [6.07, 6.45) is 5.52. The fourth-order valence-electron chi connectivity index (χ4n) is 3.76. The summed E-state index contributed by atoms with van der Waals surface area (Å²) in [5, 5.41) is 2.92. The number of nitrogens with one attached hydrogen (secondary N) is 1. The maximum atomic E-state index is 12.5. The van der Waals surface area contributed by atoms with E-state index in [2.05, 4.69) is 5.32 Å². The lowest BCUT2D eigenvalue weighted by Crippen LogP contribution is -2.60. The number of carbonyl (C=O) groups excluding carboxylic acids is 1. The largest absolute Gasteiger partial charge is 0.336 e. The molecule has 2 heterocycles. The Hall–Kier alpha value is -0.330. The topological polar surface area (TPSA) is 66.5 Å². The molecule has 0 spiro atoms. The summed E-state index contributed by atoms with van der Waals surface area (Å²) in [4.78, 5) is 14.4. The predicted molar refractivity (Wildman–Crippen MR) is 79.8 cm³/mol. The van der Waals surface area contributed by atoms with Gasteiger partial charge in [-0.05, 0) is 32.2 Å². The predicted octanol–water partition coefficient (Wildman–Crippen LogP) is 0.728. The normalized spacial score (nSPS) is 36.0. The Kier molecular flexibility index (Phi) is 4.97. The number of carbonyl (C=O) groups is 1. The number of hydrogen-bond donors (Lipinski definition) is 1. The van der Waals surface area contributed by atoms with E-state index in [9.17, 15) is 13.2 Å². The first-order chi connectivity index (χ1) is 9.09. The Bertz CT molecular complexity index is 462. The van der Waals surface area contributed by atoms with Crippen molar-refractivity contribution in [3.8, 4) is 0 Å². The first-order valence-electron chi connectivity index (χ1n) is 7.35. The minimum absolute atomic E-state index is 0. The molecule has 1 saturated carbocycles. The van der Waals surface area contributed by atoms with Crippen LogP contribution in [0.4, 0.5) is 0 Å². The van der Waals surface area contributed by atoms with E-state index >= 15 is 0 Å². The quantitative estimate of drug-likeness (QED) is 0.773. The lowest BCUT2D eigenvalue weighted by atomic mass is 9.92. The van der Waals surface area contributed by atoms with E-state index in [-0.39, 0.29) is 41.4 Å². The zero-order valence-corrected chi connectivity index (χ0v) is 13.2. The van der Waals surface area contributed by atoms with Crippen LogP contribution in [0.25, 0.3) is 0 Å². The Morgan fingerprint density at radius 2 is 1.85 bits per heavy atom. The third-order valence-corrected chi connectivity index (χ3v) is 7.01. The highest BCUT2D eigenvalue weighted by molar-refractivity contribution is 7.92. The van der Waals surface area contributed by atoms with Crippen LogP contribution in [0.2, 0.25) is 0 Å². The third kappa shape index (κ3) is 2.83. The molecular formula is C13H23ClN2O3S. The molecule has 116 valence electrons. The van der Waals surface area contributed by atoms with Crippen molar-refractivity contribution in [2.45, 2.75) is 55.9 Å². The summed E-state index contributed by atoms with van der Waals surface area (Å²) in [7, 11) is -2.99. The highest BCUT2D eigenvalue weighted by Crippen LogP contribution is 2.32. The van der Waals surface area contributed by atoms with Crippen LogP contribution in [-0.4, -0.2) is 55.4 Å². The SMILES string of the molecule is Cl.O=C(C1CCCN1)N1CCS(=O)(=O)C2CCCCC21. The third-order valence-electron chi connectivity index (χ3n) is 4.79. The van der Waals surface area contributed by atoms with E-state index in [1.165, 1.54) is 0 Å². The first-order valence-corrected chi connectivity index (χ1v) is 9.06. The number of halogens is 1. The highest BCUT2D eigenvalue weighted by atomic mass is 35.5. The summed E-state index contributed by atoms with van der Waals surface area (Å²) in [6, 6.07) is -0.147. The van der Waals surface area contributed by atoms with Crippen LogP contribution in [0.5, 0.6) is 0 Å². The molecule has 5 nitrogen and oxygen atoms in total. The number of rotatable bonds is 1. The molecule has 2 aliphatic heterocycles. The molecule has 0 aromatic carbocycles. The summed E-state index contributed by atoms with van der Waals surface area (Å²) in [5.41, 5.74) is 0. The number of nitrogens with zero attached hydrogens (tertiary/aromatic N) is 1. The molecule has 20 heavy (non-hydrogen) atoms. The van der Waals surface area contributed by atoms with Crippen LogP contribution in [0, 0.1) is 0 Å². The van der Waals surface area contributed by atoms with Crippen molar-refractivity contribution in [2.75, 3.05) is 18.8 Å². The van der Waals surface area contributed by atoms with Gasteiger partial charge in [-0.2, -0.15) is 0 Å². The van der Waals surface area contributed by atoms with Gasteiger partial charge in [-0.15, -0.1) is 12.4 Å². The Balaban J connectivity index is 0.00000147. The lowest BCUT2D eigenvalue weighted by molar-refractivity contribution is -0.136. The molecule has 3 unspecified atom stereocenters. The zero-order valence-electron chi connectivity index (χ0n) is 11.6. The standard InChI is InChI=1S/C13H22N2O3S.ClH/c16-13(10-4-3-7-14-10)15-8-9-19(17,18)12-6-2-1-5-11(12)15;/h10-12,14H,1-9H2;1H. The van der Waals surface area contributed by atoms with Gasteiger partial charge in [0.05, 0.1) is 17.0 Å². The maximum Gasteiger partial charge on any atom is 0.240 e. The molecule has 0 aromatic rings. The molecule has 0 bridgehead atoms. The fraction of sp³-hybridized carbons (Fsp3) is 0.923. The van der Waals surface area contributed by atoms with Crippen LogP contribution < -0.4 is 5.32 Å². The number of fused-ring (bicyclic) bond motifs is 1. The second-order valence-corrected chi connectivity index (χ2v) is 8.28. The van der Waals surface area contributed by atoms with Gasteiger partial charge >= 0.3 is 0 Å². The molecule has 7 heteroatoms. The molecule has 1 amide bonds. The van der Waals surface area contributed by atoms with Gasteiger partial charge in [-0.3, -0.25) is 4.79 Å². The van der Waals surface area contributed by atoms with Gasteiger partial charge in [-0.1, -0.05) is 12.8 Å². The van der Waals surface area contributed by atoms with Gasteiger partial charge in [0.25, 0.3) is 0 Å². The van der Waals surface area contributed by atoms with Crippen molar-refractivity contribution < 1.29 is 13.2 Å². The Morgan fingerprint density at radius 1 is 1.10 bits per heavy atom. The van der Waals surface area contributed by atoms with Gasteiger partial charge in [0.2, 0.25) is 5.91 Å². The second kappa shape index (κ2) is 6.20. The van der Waals surface area contributed by atoms with E-state index in [1.54, 1.807) is 0 Å². The zero-order chi connectivity index (χ0) is 13.5. The second-order valence-electron chi connectivity index (χ2n) is 5.94. The molecule has 3 atom stereocenters. The van der Waals surface area contributed by atoms with Crippen molar-refractivity contribution in [1.29, 1.82) is 0 Å². The molecule has 1 aliphatic carbocycles. The number of hydrogen-bond acceptors (Lipinski definition) is 4. The molecule has 2 saturated heterocycles. The van der Waals surface area contributed by atoms with Crippen molar-refractivity contribution in [2.24, 2.45) is 0 Å². The van der Waals surface area contributed by atoms with Crippen LogP contribution in [-0.2, 0) is 14.6 Å². The van der Waals surface area contributed by atoms with Crippen LogP contribution in [0.3, 0.4) is 0 Å². The Morgan fingerprint density at radius 3 is 2.55 bits per heavy atom. The van der Waals surface area contributed by atoms with E-state index in [4.69, 9.17) is 0 Å². The summed E-state index contributed by atoms with van der Waals surface area (Å²) < 4.78 is 24.3. The molecule has 3 aliphatic rings. The molecule has 3 rings (SSSR count). The number of amides is 1. The molecule has 1 N–H and O–H groups in total. The van der Waals surface area contributed by atoms with Gasteiger partial charge in [0, 0.05) is 12.6 Å². The van der Waals surface area contributed by atoms with Crippen LogP contribution in [0.15, 0.2) is 0 Å². The average molecular weight is 323 g/mol. The van der Waals surface area contributed by atoms with Gasteiger partial charge in [0.1, 0.15) is 0 Å². The summed E-state index contributed by atoms with van der Waals surface area (Å²) >= 11 is 0. The minimum atomic E-state index is -2.99. The maximum absolute atomic E-state index is 12.5. The summed E-state index contributed by atoms with van der Waals surface area (Å²) in [6.45, 7) is 1.29. The van der Waals surface area contributed by atoms with Crippen molar-refractivity contribution in [1.82, 2.24) is 10.2 Å². The monoisotopic (exact) mass is 322 g/mol. The average Bonchev–Trinajstić information content (AvgIpc) is 2.92. The van der Waals surface area contributed by atoms with E-state index in [0.29, 0.717) is 6.54 Å².